The smallest absolute Gasteiger partial charge is 0.0946 e. The van der Waals surface area contributed by atoms with Gasteiger partial charge in [-0.15, -0.1) is 0 Å². The van der Waals surface area contributed by atoms with Crippen molar-refractivity contribution >= 4 is 55.7 Å². The molecule has 0 unspecified atom stereocenters. The quantitative estimate of drug-likeness (QED) is 0.158. The molecule has 0 radical (unpaired) electrons. The van der Waals surface area contributed by atoms with Crippen molar-refractivity contribution in [3.63, 3.8) is 0 Å². The van der Waals surface area contributed by atoms with Crippen LogP contribution in [0, 0.1) is 0 Å². The van der Waals surface area contributed by atoms with Gasteiger partial charge >= 0.3 is 0 Å². The van der Waals surface area contributed by atoms with Crippen molar-refractivity contribution in [1.29, 1.82) is 0 Å². The fourth-order valence-electron chi connectivity index (χ4n) is 11.3. The molecular weight excluding hydrogens is 709 g/mol. The van der Waals surface area contributed by atoms with E-state index in [0.29, 0.717) is 0 Å². The fraction of sp³-hybridized carbons (Fsp3) is 0.296. The highest BCUT2D eigenvalue weighted by molar-refractivity contribution is 6.09. The number of benzene rings is 7. The van der Waals surface area contributed by atoms with Crippen molar-refractivity contribution in [3.8, 4) is 0 Å². The van der Waals surface area contributed by atoms with Gasteiger partial charge in [-0.05, 0) is 170 Å². The summed E-state index contributed by atoms with van der Waals surface area (Å²) in [5.74, 6) is 0. The van der Waals surface area contributed by atoms with E-state index in [1.54, 1.807) is 0 Å². The molecule has 2 aliphatic carbocycles. The number of rotatable bonds is 6. The molecule has 0 amide bonds. The Hall–Kier alpha value is -5.42. The highest BCUT2D eigenvalue weighted by atomic mass is 16.5. The summed E-state index contributed by atoms with van der Waals surface area (Å²) in [6.07, 6.45) is 9.36. The van der Waals surface area contributed by atoms with Crippen LogP contribution in [0.1, 0.15) is 101 Å². The third-order valence-electron chi connectivity index (χ3n) is 13.9. The molecular formula is C54H52N2O2. The van der Waals surface area contributed by atoms with Gasteiger partial charge in [0.1, 0.15) is 0 Å². The number of fused-ring (bicyclic) bond motifs is 7. The first-order chi connectivity index (χ1) is 28.1. The van der Waals surface area contributed by atoms with E-state index < -0.39 is 0 Å². The summed E-state index contributed by atoms with van der Waals surface area (Å²) in [6.45, 7) is 8.97. The van der Waals surface area contributed by atoms with E-state index in [1.165, 1.54) is 69.5 Å². The van der Waals surface area contributed by atoms with E-state index in [1.807, 2.05) is 0 Å². The molecule has 11 rings (SSSR count). The second-order valence-corrected chi connectivity index (χ2v) is 18.3. The van der Waals surface area contributed by atoms with Crippen LogP contribution in [0.15, 0.2) is 146 Å². The Balaban J connectivity index is 0.990. The van der Waals surface area contributed by atoms with Crippen LogP contribution in [0.25, 0.3) is 21.5 Å². The summed E-state index contributed by atoms with van der Waals surface area (Å²) in [6, 6.07) is 54.1. The first kappa shape index (κ1) is 35.7. The van der Waals surface area contributed by atoms with Gasteiger partial charge in [-0.2, -0.15) is 0 Å². The average Bonchev–Trinajstić information content (AvgIpc) is 4.00. The van der Waals surface area contributed by atoms with Crippen molar-refractivity contribution < 1.29 is 9.47 Å². The zero-order valence-corrected chi connectivity index (χ0v) is 34.2. The van der Waals surface area contributed by atoms with Crippen molar-refractivity contribution in [2.24, 2.45) is 0 Å². The SMILES string of the molecule is CC1(C)OC2(CCCC2)c2ccc(N(c3ccccc3)c3ccc4c(ccc5cc(N(c6ccccc6)c6ccc7c(c6)C(C)(C)OC76CCCC6)ccc54)c3)cc21. The number of para-hydroxylation sites is 2. The fourth-order valence-corrected chi connectivity index (χ4v) is 11.3. The van der Waals surface area contributed by atoms with Gasteiger partial charge in [0.05, 0.1) is 22.4 Å². The molecule has 0 saturated heterocycles. The van der Waals surface area contributed by atoms with Crippen LogP contribution in [-0.4, -0.2) is 0 Å². The Morgan fingerprint density at radius 2 is 0.724 bits per heavy atom. The molecule has 0 N–H and O–H groups in total. The molecule has 4 nitrogen and oxygen atoms in total. The van der Waals surface area contributed by atoms with E-state index in [9.17, 15) is 0 Å². The molecule has 0 bridgehead atoms. The first-order valence-corrected chi connectivity index (χ1v) is 21.5. The van der Waals surface area contributed by atoms with Gasteiger partial charge in [0.25, 0.3) is 0 Å². The van der Waals surface area contributed by atoms with E-state index in [0.717, 1.165) is 59.8 Å². The molecule has 4 aliphatic rings. The van der Waals surface area contributed by atoms with Gasteiger partial charge in [-0.3, -0.25) is 0 Å². The molecule has 7 aromatic carbocycles. The molecule has 2 spiro atoms. The first-order valence-electron chi connectivity index (χ1n) is 21.5. The number of ether oxygens (including phenoxy) is 2. The minimum atomic E-state index is -0.334. The lowest BCUT2D eigenvalue weighted by molar-refractivity contribution is -0.122. The van der Waals surface area contributed by atoms with Gasteiger partial charge in [0.2, 0.25) is 0 Å². The maximum absolute atomic E-state index is 6.90. The number of anilines is 6. The molecule has 290 valence electrons. The highest BCUT2D eigenvalue weighted by Crippen LogP contribution is 2.57. The van der Waals surface area contributed by atoms with Gasteiger partial charge in [-0.1, -0.05) is 98.5 Å². The van der Waals surface area contributed by atoms with E-state index >= 15 is 0 Å². The Labute approximate surface area is 343 Å². The summed E-state index contributed by atoms with van der Waals surface area (Å²) < 4.78 is 13.8. The largest absolute Gasteiger partial charge is 0.360 e. The third-order valence-corrected chi connectivity index (χ3v) is 13.9. The molecule has 2 fully saturated rings. The maximum atomic E-state index is 6.90. The minimum Gasteiger partial charge on any atom is -0.360 e. The van der Waals surface area contributed by atoms with Crippen LogP contribution in [0.4, 0.5) is 34.1 Å². The summed E-state index contributed by atoms with van der Waals surface area (Å²) >= 11 is 0. The summed E-state index contributed by atoms with van der Waals surface area (Å²) in [4.78, 5) is 4.80. The van der Waals surface area contributed by atoms with Crippen molar-refractivity contribution in [1.82, 2.24) is 0 Å². The molecule has 4 heteroatoms. The topological polar surface area (TPSA) is 24.9 Å². The van der Waals surface area contributed by atoms with Crippen LogP contribution < -0.4 is 9.80 Å². The minimum absolute atomic E-state index is 0.137. The zero-order chi connectivity index (χ0) is 39.3. The molecule has 2 aliphatic heterocycles. The third kappa shape index (κ3) is 5.56. The summed E-state index contributed by atoms with van der Waals surface area (Å²) in [5, 5.41) is 4.93. The second-order valence-electron chi connectivity index (χ2n) is 18.3. The Morgan fingerprint density at radius 3 is 1.12 bits per heavy atom. The van der Waals surface area contributed by atoms with Crippen LogP contribution in [-0.2, 0) is 31.9 Å². The average molecular weight is 761 g/mol. The van der Waals surface area contributed by atoms with Crippen LogP contribution in [0.2, 0.25) is 0 Å². The number of hydrogen-bond acceptors (Lipinski definition) is 4. The van der Waals surface area contributed by atoms with Crippen molar-refractivity contribution in [3.05, 3.63) is 168 Å². The monoisotopic (exact) mass is 760 g/mol. The molecule has 0 aromatic heterocycles. The Bertz CT molecular complexity index is 2520. The Kier molecular flexibility index (Phi) is 8.03. The zero-order valence-electron chi connectivity index (χ0n) is 34.2. The molecule has 58 heavy (non-hydrogen) atoms. The lowest BCUT2D eigenvalue weighted by Gasteiger charge is -2.28. The predicted molar refractivity (Wildman–Crippen MR) is 239 cm³/mol. The van der Waals surface area contributed by atoms with Gasteiger partial charge in [-0.25, -0.2) is 0 Å². The van der Waals surface area contributed by atoms with E-state index in [4.69, 9.17) is 9.47 Å². The van der Waals surface area contributed by atoms with Gasteiger partial charge < -0.3 is 19.3 Å². The lowest BCUT2D eigenvalue weighted by atomic mass is 9.87. The molecule has 7 aromatic rings. The van der Waals surface area contributed by atoms with Crippen molar-refractivity contribution in [2.45, 2.75) is 101 Å². The predicted octanol–water partition coefficient (Wildman–Crippen LogP) is 15.0. The van der Waals surface area contributed by atoms with E-state index in [-0.39, 0.29) is 22.4 Å². The van der Waals surface area contributed by atoms with Gasteiger partial charge in [0.15, 0.2) is 0 Å². The number of nitrogens with zero attached hydrogens (tertiary/aromatic N) is 2. The standard InChI is InChI=1S/C54H52N2O2/c1-51(2)49-35-43(23-27-47(49)53(57-51)29-11-12-30-53)55(39-15-7-5-8-16-39)41-21-25-45-37(33-41)19-20-38-34-42(22-26-46(38)45)56(40-17-9-6-10-18-40)44-24-28-48-50(36-44)52(3,4)58-54(48)31-13-14-32-54/h5-10,15-28,33-36H,11-14,29-32H2,1-4H3. The number of hydrogen-bond donors (Lipinski definition) is 0. The van der Waals surface area contributed by atoms with Crippen LogP contribution in [0.3, 0.4) is 0 Å². The molecule has 2 saturated carbocycles. The molecule has 2 heterocycles. The summed E-state index contributed by atoms with van der Waals surface area (Å²) in [5.41, 5.74) is 11.3. The van der Waals surface area contributed by atoms with Crippen LogP contribution in [0.5, 0.6) is 0 Å². The van der Waals surface area contributed by atoms with E-state index in [2.05, 4.69) is 183 Å². The Morgan fingerprint density at radius 1 is 0.362 bits per heavy atom. The summed E-state index contributed by atoms with van der Waals surface area (Å²) in [7, 11) is 0. The normalized spacial score (nSPS) is 19.2. The lowest BCUT2D eigenvalue weighted by Crippen LogP contribution is -2.25. The second kappa shape index (κ2) is 13.0. The molecule has 0 atom stereocenters. The van der Waals surface area contributed by atoms with Crippen LogP contribution >= 0.6 is 0 Å². The maximum Gasteiger partial charge on any atom is 0.0946 e. The van der Waals surface area contributed by atoms with Gasteiger partial charge in [0, 0.05) is 34.1 Å². The highest BCUT2D eigenvalue weighted by Gasteiger charge is 2.51. The van der Waals surface area contributed by atoms with Crippen molar-refractivity contribution in [2.75, 3.05) is 9.80 Å².